The Kier molecular flexibility index (Phi) is 7.15. The zero-order valence-electron chi connectivity index (χ0n) is 19.3. The molecule has 3 aromatic rings. The van der Waals surface area contributed by atoms with Crippen molar-refractivity contribution >= 4 is 12.1 Å². The topological polar surface area (TPSA) is 102 Å². The lowest BCUT2D eigenvalue weighted by Crippen LogP contribution is -2.37. The number of amides is 1. The number of hydrogen-bond acceptors (Lipinski definition) is 6. The van der Waals surface area contributed by atoms with Crippen LogP contribution in [0.25, 0.3) is 0 Å². The molecular weight excluding hydrogens is 436 g/mol. The molecule has 0 unspecified atom stereocenters. The molecule has 1 aliphatic rings. The Morgan fingerprint density at radius 3 is 2.59 bits per heavy atom. The molecule has 34 heavy (non-hydrogen) atoms. The van der Waals surface area contributed by atoms with E-state index in [0.29, 0.717) is 36.3 Å². The molecule has 0 radical (unpaired) electrons. The quantitative estimate of drug-likeness (QED) is 0.456. The Labute approximate surface area is 198 Å². The van der Waals surface area contributed by atoms with E-state index in [1.807, 2.05) is 37.3 Å². The van der Waals surface area contributed by atoms with Gasteiger partial charge < -0.3 is 19.0 Å². The van der Waals surface area contributed by atoms with Crippen molar-refractivity contribution < 1.29 is 28.6 Å². The van der Waals surface area contributed by atoms with Gasteiger partial charge in [-0.3, -0.25) is 9.69 Å². The van der Waals surface area contributed by atoms with Gasteiger partial charge in [0.1, 0.15) is 23.8 Å². The normalized spacial score (nSPS) is 12.9. The van der Waals surface area contributed by atoms with E-state index in [2.05, 4.69) is 4.98 Å². The Balaban J connectivity index is 1.38. The Bertz CT molecular complexity index is 1170. The number of hydrogen-bond donors (Lipinski definition) is 1. The maximum absolute atomic E-state index is 12.8. The van der Waals surface area contributed by atoms with Crippen molar-refractivity contribution in [3.05, 3.63) is 77.0 Å². The monoisotopic (exact) mass is 464 g/mol. The second kappa shape index (κ2) is 10.4. The number of benzene rings is 2. The number of aryl methyl sites for hydroxylation is 2. The standard InChI is InChI=1S/C26H28N2O6/c1-17-24(27-18(2)33-17)11-12-32-22-7-3-5-19(13-22)15-28(16-25(29)30)26(31)34-23-8-4-6-21(14-23)20-9-10-20/h3-8,13-14,20H,9-12,15-16H2,1-2H3,(H,29,30). The summed E-state index contributed by atoms with van der Waals surface area (Å²) in [5, 5.41) is 9.32. The van der Waals surface area contributed by atoms with E-state index in [-0.39, 0.29) is 6.54 Å². The van der Waals surface area contributed by atoms with Crippen LogP contribution >= 0.6 is 0 Å². The van der Waals surface area contributed by atoms with E-state index >= 15 is 0 Å². The van der Waals surface area contributed by atoms with E-state index in [1.165, 1.54) is 0 Å². The molecule has 0 saturated heterocycles. The van der Waals surface area contributed by atoms with Gasteiger partial charge in [0.25, 0.3) is 0 Å². The minimum Gasteiger partial charge on any atom is -0.493 e. The largest absolute Gasteiger partial charge is 0.493 e. The number of aromatic nitrogens is 1. The summed E-state index contributed by atoms with van der Waals surface area (Å²) in [6.07, 6.45) is 2.17. The van der Waals surface area contributed by atoms with Gasteiger partial charge in [-0.2, -0.15) is 0 Å². The lowest BCUT2D eigenvalue weighted by molar-refractivity contribution is -0.138. The van der Waals surface area contributed by atoms with Gasteiger partial charge in [0, 0.05) is 19.9 Å². The smallest absolute Gasteiger partial charge is 0.416 e. The average molecular weight is 465 g/mol. The van der Waals surface area contributed by atoms with Crippen molar-refractivity contribution in [2.24, 2.45) is 0 Å². The van der Waals surface area contributed by atoms with Gasteiger partial charge in [-0.05, 0) is 61.1 Å². The summed E-state index contributed by atoms with van der Waals surface area (Å²) < 4.78 is 16.8. The van der Waals surface area contributed by atoms with Crippen molar-refractivity contribution in [1.29, 1.82) is 0 Å². The SMILES string of the molecule is Cc1nc(CCOc2cccc(CN(CC(=O)O)C(=O)Oc3cccc(C4CC4)c3)c2)c(C)o1. The molecule has 8 nitrogen and oxygen atoms in total. The van der Waals surface area contributed by atoms with Gasteiger partial charge in [-0.15, -0.1) is 0 Å². The Morgan fingerprint density at radius 1 is 1.12 bits per heavy atom. The highest BCUT2D eigenvalue weighted by molar-refractivity contribution is 5.78. The molecule has 4 rings (SSSR count). The first kappa shape index (κ1) is 23.4. The fourth-order valence-corrected chi connectivity index (χ4v) is 3.79. The van der Waals surface area contributed by atoms with Crippen LogP contribution in [0, 0.1) is 13.8 Å². The van der Waals surface area contributed by atoms with Crippen LogP contribution in [0.15, 0.2) is 52.9 Å². The summed E-state index contributed by atoms with van der Waals surface area (Å²) in [4.78, 5) is 29.7. The fourth-order valence-electron chi connectivity index (χ4n) is 3.79. The first-order valence-electron chi connectivity index (χ1n) is 11.3. The second-order valence-corrected chi connectivity index (χ2v) is 8.45. The highest BCUT2D eigenvalue weighted by atomic mass is 16.6. The third-order valence-electron chi connectivity index (χ3n) is 5.58. The number of carbonyl (C=O) groups is 2. The van der Waals surface area contributed by atoms with Gasteiger partial charge in [-0.25, -0.2) is 9.78 Å². The van der Waals surface area contributed by atoms with Crippen molar-refractivity contribution in [1.82, 2.24) is 9.88 Å². The molecule has 0 atom stereocenters. The van der Waals surface area contributed by atoms with Gasteiger partial charge in [-0.1, -0.05) is 24.3 Å². The highest BCUT2D eigenvalue weighted by Gasteiger charge is 2.25. The Hall–Kier alpha value is -3.81. The molecular formula is C26H28N2O6. The predicted octanol–water partition coefficient (Wildman–Crippen LogP) is 4.88. The number of carboxylic acid groups (broad SMARTS) is 1. The molecule has 1 aromatic heterocycles. The number of rotatable bonds is 10. The van der Waals surface area contributed by atoms with Gasteiger partial charge in [0.15, 0.2) is 5.89 Å². The van der Waals surface area contributed by atoms with Crippen molar-refractivity contribution in [2.45, 2.75) is 45.6 Å². The first-order valence-corrected chi connectivity index (χ1v) is 11.3. The summed E-state index contributed by atoms with van der Waals surface area (Å²) in [5.41, 5.74) is 2.72. The van der Waals surface area contributed by atoms with Gasteiger partial charge >= 0.3 is 12.1 Å². The molecule has 1 fully saturated rings. The van der Waals surface area contributed by atoms with Crippen LogP contribution in [-0.2, 0) is 17.8 Å². The summed E-state index contributed by atoms with van der Waals surface area (Å²) in [6.45, 7) is 3.69. The van der Waals surface area contributed by atoms with Crippen LogP contribution in [0.4, 0.5) is 4.79 Å². The lowest BCUT2D eigenvalue weighted by Gasteiger charge is -2.20. The van der Waals surface area contributed by atoms with Crippen molar-refractivity contribution in [3.8, 4) is 11.5 Å². The van der Waals surface area contributed by atoms with Crippen LogP contribution in [0.3, 0.4) is 0 Å². The average Bonchev–Trinajstić information content (AvgIpc) is 3.59. The first-order chi connectivity index (χ1) is 16.4. The number of carboxylic acids is 1. The molecule has 0 aliphatic heterocycles. The van der Waals surface area contributed by atoms with Gasteiger partial charge in [0.05, 0.1) is 12.3 Å². The molecule has 8 heteroatoms. The molecule has 1 aliphatic carbocycles. The number of aliphatic carboxylic acids is 1. The summed E-state index contributed by atoms with van der Waals surface area (Å²) in [6, 6.07) is 14.6. The van der Waals surface area contributed by atoms with Crippen LogP contribution < -0.4 is 9.47 Å². The van der Waals surface area contributed by atoms with E-state index in [0.717, 1.165) is 40.3 Å². The molecule has 178 valence electrons. The van der Waals surface area contributed by atoms with E-state index in [4.69, 9.17) is 13.9 Å². The maximum Gasteiger partial charge on any atom is 0.416 e. The summed E-state index contributed by atoms with van der Waals surface area (Å²) in [5.74, 6) is 1.85. The maximum atomic E-state index is 12.8. The molecule has 1 saturated carbocycles. The molecule has 1 N–H and O–H groups in total. The van der Waals surface area contributed by atoms with Crippen LogP contribution in [0.5, 0.6) is 11.5 Å². The second-order valence-electron chi connectivity index (χ2n) is 8.45. The molecule has 0 bridgehead atoms. The summed E-state index contributed by atoms with van der Waals surface area (Å²) in [7, 11) is 0. The molecule has 0 spiro atoms. The predicted molar refractivity (Wildman–Crippen MR) is 124 cm³/mol. The number of ether oxygens (including phenoxy) is 2. The van der Waals surface area contributed by atoms with E-state index in [9.17, 15) is 14.7 Å². The van der Waals surface area contributed by atoms with Crippen molar-refractivity contribution in [3.63, 3.8) is 0 Å². The molecule has 1 amide bonds. The number of carbonyl (C=O) groups excluding carboxylic acids is 1. The van der Waals surface area contributed by atoms with E-state index in [1.54, 1.807) is 25.1 Å². The minimum atomic E-state index is -1.12. The van der Waals surface area contributed by atoms with E-state index < -0.39 is 18.6 Å². The third-order valence-corrected chi connectivity index (χ3v) is 5.58. The zero-order chi connectivity index (χ0) is 24.1. The minimum absolute atomic E-state index is 0.0756. The molecule has 1 heterocycles. The van der Waals surface area contributed by atoms with Gasteiger partial charge in [0.2, 0.25) is 0 Å². The molecule has 2 aromatic carbocycles. The van der Waals surface area contributed by atoms with Crippen LogP contribution in [0.2, 0.25) is 0 Å². The number of oxazole rings is 1. The van der Waals surface area contributed by atoms with Crippen molar-refractivity contribution in [2.75, 3.05) is 13.2 Å². The lowest BCUT2D eigenvalue weighted by atomic mass is 10.1. The highest BCUT2D eigenvalue weighted by Crippen LogP contribution is 2.41. The summed E-state index contributed by atoms with van der Waals surface area (Å²) >= 11 is 0. The van der Waals surface area contributed by atoms with Crippen LogP contribution in [0.1, 0.15) is 47.2 Å². The Morgan fingerprint density at radius 2 is 1.88 bits per heavy atom. The van der Waals surface area contributed by atoms with Crippen LogP contribution in [-0.4, -0.2) is 40.2 Å². The number of nitrogens with zero attached hydrogens (tertiary/aromatic N) is 2. The zero-order valence-corrected chi connectivity index (χ0v) is 19.3. The fraction of sp³-hybridized carbons (Fsp3) is 0.346. The third kappa shape index (κ3) is 6.37.